The summed E-state index contributed by atoms with van der Waals surface area (Å²) in [6.07, 6.45) is 1.52. The average Bonchev–Trinajstić information content (AvgIpc) is 3.51. The van der Waals surface area contributed by atoms with Crippen LogP contribution in [0, 0.1) is 19.8 Å². The highest BCUT2D eigenvalue weighted by molar-refractivity contribution is 7.14. The van der Waals surface area contributed by atoms with Gasteiger partial charge in [-0.3, -0.25) is 4.79 Å². The van der Waals surface area contributed by atoms with Crippen LogP contribution in [0.2, 0.25) is 0 Å². The van der Waals surface area contributed by atoms with E-state index in [1.165, 1.54) is 6.07 Å². The van der Waals surface area contributed by atoms with E-state index in [4.69, 9.17) is 4.42 Å². The minimum atomic E-state index is -1.83. The van der Waals surface area contributed by atoms with Gasteiger partial charge in [-0.15, -0.1) is 0 Å². The number of aryl methyl sites for hydroxylation is 2. The number of carbonyl (C=O) groups is 1. The minimum Gasteiger partial charge on any atom is -0.546 e. The second kappa shape index (κ2) is 10.2. The number of phenolic OH excluding ortho intramolecular Hbond substituents is 1. The quantitative estimate of drug-likeness (QED) is 0.262. The number of likely N-dealkylation sites (tertiary alicyclic amines) is 1. The van der Waals surface area contributed by atoms with Gasteiger partial charge in [-0.25, -0.2) is 0 Å². The van der Waals surface area contributed by atoms with Crippen molar-refractivity contribution in [2.75, 3.05) is 23.8 Å². The summed E-state index contributed by atoms with van der Waals surface area (Å²) in [7, 11) is 0. The van der Waals surface area contributed by atoms with Crippen molar-refractivity contribution < 1.29 is 24.0 Å². The van der Waals surface area contributed by atoms with E-state index in [1.807, 2.05) is 33.8 Å². The summed E-state index contributed by atoms with van der Waals surface area (Å²) in [5, 5.41) is 26.7. The fraction of sp³-hybridized carbons (Fsp3) is 0.458. The molecule has 1 aromatic carbocycles. The summed E-state index contributed by atoms with van der Waals surface area (Å²) in [5.41, 5.74) is 1.38. The molecule has 0 radical (unpaired) electrons. The van der Waals surface area contributed by atoms with Crippen LogP contribution in [0.4, 0.5) is 17.3 Å². The number of aliphatic hydroxyl groups excluding tert-OH is 1. The number of aromatic nitrogens is 2. The number of aliphatic hydroxyl groups is 1. The molecule has 11 heteroatoms. The lowest BCUT2D eigenvalue weighted by Crippen LogP contribution is -2.37. The van der Waals surface area contributed by atoms with E-state index < -0.39 is 11.1 Å². The Balaban J connectivity index is 1.60. The molecule has 3 aromatic rings. The molecule has 1 fully saturated rings. The standard InChI is InChI=1S/C24H31N5O5S/c1-13(2)20(19-11-14(3)15(4)34-19)26-23-22(27-35(33)28-23)25-18-9-5-8-17(21(18)31)24(32)29-10-6-7-16(29)12-30/h5,8-9,11,13,16,20,30-31H,6-7,10,12H2,1-4H3,(H,25,27)(H,26,28)/t16-,20?,35?/m0/s1. The third-order valence-corrected chi connectivity index (χ3v) is 7.06. The normalized spacial score (nSPS) is 17.2. The topological polar surface area (TPSA) is 147 Å². The minimum absolute atomic E-state index is 0.114. The fourth-order valence-electron chi connectivity index (χ4n) is 4.30. The van der Waals surface area contributed by atoms with Gasteiger partial charge in [-0.2, -0.15) is 0 Å². The smallest absolute Gasteiger partial charge is 0.258 e. The summed E-state index contributed by atoms with van der Waals surface area (Å²) in [5.74, 6) is 1.52. The van der Waals surface area contributed by atoms with Gasteiger partial charge >= 0.3 is 0 Å². The molecule has 1 amide bonds. The van der Waals surface area contributed by atoms with E-state index in [1.54, 1.807) is 17.0 Å². The van der Waals surface area contributed by atoms with Gasteiger partial charge in [0.15, 0.2) is 16.9 Å². The van der Waals surface area contributed by atoms with Gasteiger partial charge in [-0.05, 0) is 56.4 Å². The van der Waals surface area contributed by atoms with Crippen LogP contribution in [0.25, 0.3) is 0 Å². The SMILES string of the molecule is Cc1cc(C(Nc2n[s+]([O-])nc2Nc2cccc(C(=O)N3CCC[C@H]3CO)c2O)C(C)C)oc1C. The van der Waals surface area contributed by atoms with E-state index in [2.05, 4.69) is 19.4 Å². The summed E-state index contributed by atoms with van der Waals surface area (Å²) < 4.78 is 26.2. The lowest BCUT2D eigenvalue weighted by Gasteiger charge is -2.24. The molecule has 1 aliphatic rings. The summed E-state index contributed by atoms with van der Waals surface area (Å²) >= 11 is -1.83. The van der Waals surface area contributed by atoms with E-state index in [0.29, 0.717) is 6.54 Å². The molecule has 2 aromatic heterocycles. The van der Waals surface area contributed by atoms with Crippen molar-refractivity contribution >= 4 is 34.4 Å². The fourth-order valence-corrected chi connectivity index (χ4v) is 4.93. The number of carbonyl (C=O) groups excluding carboxylic acids is 1. The highest BCUT2D eigenvalue weighted by Gasteiger charge is 2.31. The maximum absolute atomic E-state index is 13.1. The van der Waals surface area contributed by atoms with Crippen LogP contribution in [-0.4, -0.2) is 53.5 Å². The highest BCUT2D eigenvalue weighted by Crippen LogP contribution is 2.37. The van der Waals surface area contributed by atoms with Crippen LogP contribution in [0.15, 0.2) is 28.7 Å². The molecule has 35 heavy (non-hydrogen) atoms. The number of nitrogens with zero attached hydrogens (tertiary/aromatic N) is 3. The number of aromatic hydroxyl groups is 1. The first kappa shape index (κ1) is 25.0. The van der Waals surface area contributed by atoms with Gasteiger partial charge < -0.3 is 34.7 Å². The van der Waals surface area contributed by atoms with Crippen molar-refractivity contribution in [3.63, 3.8) is 0 Å². The van der Waals surface area contributed by atoms with Crippen LogP contribution in [0.5, 0.6) is 5.75 Å². The van der Waals surface area contributed by atoms with Crippen molar-refractivity contribution in [1.29, 1.82) is 0 Å². The molecule has 3 atom stereocenters. The molecule has 4 rings (SSSR count). The van der Waals surface area contributed by atoms with Crippen molar-refractivity contribution in [2.45, 2.75) is 52.6 Å². The zero-order chi connectivity index (χ0) is 25.3. The molecule has 188 valence electrons. The van der Waals surface area contributed by atoms with Crippen LogP contribution in [-0.2, 0) is 0 Å². The van der Waals surface area contributed by atoms with Gasteiger partial charge in [-0.1, -0.05) is 19.9 Å². The second-order valence-corrected chi connectivity index (χ2v) is 10.00. The van der Waals surface area contributed by atoms with E-state index in [0.717, 1.165) is 29.9 Å². The molecular formula is C24H31N5O5S. The molecule has 1 aliphatic heterocycles. The lowest BCUT2D eigenvalue weighted by molar-refractivity contribution is 0.0674. The number of amides is 1. The van der Waals surface area contributed by atoms with E-state index >= 15 is 0 Å². The largest absolute Gasteiger partial charge is 0.546 e. The Morgan fingerprint density at radius 1 is 1.31 bits per heavy atom. The molecule has 0 bridgehead atoms. The number of anilines is 3. The number of para-hydroxylation sites is 1. The van der Waals surface area contributed by atoms with Gasteiger partial charge in [0, 0.05) is 15.3 Å². The van der Waals surface area contributed by atoms with E-state index in [9.17, 15) is 19.6 Å². The zero-order valence-electron chi connectivity index (χ0n) is 20.2. The molecule has 4 N–H and O–H groups in total. The van der Waals surface area contributed by atoms with Gasteiger partial charge in [0.1, 0.15) is 11.5 Å². The monoisotopic (exact) mass is 501 g/mol. The molecule has 1 saturated heterocycles. The number of furan rings is 1. The maximum atomic E-state index is 13.1. The predicted molar refractivity (Wildman–Crippen MR) is 133 cm³/mol. The Labute approximate surface area is 207 Å². The molecule has 3 heterocycles. The van der Waals surface area contributed by atoms with Gasteiger partial charge in [0.25, 0.3) is 5.91 Å². The predicted octanol–water partition coefficient (Wildman–Crippen LogP) is 4.27. The van der Waals surface area contributed by atoms with Gasteiger partial charge in [0.2, 0.25) is 11.6 Å². The number of nitrogens with one attached hydrogen (secondary N) is 2. The Kier molecular flexibility index (Phi) is 7.29. The zero-order valence-corrected chi connectivity index (χ0v) is 21.1. The Morgan fingerprint density at radius 3 is 2.71 bits per heavy atom. The molecule has 10 nitrogen and oxygen atoms in total. The summed E-state index contributed by atoms with van der Waals surface area (Å²) in [6.45, 7) is 8.33. The summed E-state index contributed by atoms with van der Waals surface area (Å²) in [6, 6.07) is 6.22. The number of rotatable bonds is 8. The number of benzene rings is 1. The Morgan fingerprint density at radius 2 is 2.06 bits per heavy atom. The lowest BCUT2D eigenvalue weighted by atomic mass is 10.0. The van der Waals surface area contributed by atoms with Crippen LogP contribution < -0.4 is 10.6 Å². The number of phenols is 1. The molecule has 2 unspecified atom stereocenters. The third kappa shape index (κ3) is 5.12. The molecule has 0 saturated carbocycles. The summed E-state index contributed by atoms with van der Waals surface area (Å²) in [4.78, 5) is 14.6. The highest BCUT2D eigenvalue weighted by atomic mass is 32.2. The third-order valence-electron chi connectivity index (χ3n) is 6.38. The van der Waals surface area contributed by atoms with Crippen LogP contribution >= 0.6 is 11.1 Å². The van der Waals surface area contributed by atoms with Gasteiger partial charge in [0.05, 0.1) is 29.9 Å². The van der Waals surface area contributed by atoms with Crippen molar-refractivity contribution in [2.24, 2.45) is 5.92 Å². The van der Waals surface area contributed by atoms with Crippen molar-refractivity contribution in [1.82, 2.24) is 13.6 Å². The molecule has 0 aliphatic carbocycles. The van der Waals surface area contributed by atoms with Crippen molar-refractivity contribution in [3.8, 4) is 5.75 Å². The molecule has 0 spiro atoms. The Hall–Kier alpha value is -3.15. The second-order valence-electron chi connectivity index (χ2n) is 9.17. The van der Waals surface area contributed by atoms with Crippen LogP contribution in [0.1, 0.15) is 60.2 Å². The maximum Gasteiger partial charge on any atom is 0.258 e. The molecular weight excluding hydrogens is 470 g/mol. The van der Waals surface area contributed by atoms with E-state index in [-0.39, 0.29) is 59.2 Å². The number of hydrogen-bond donors (Lipinski definition) is 4. The Bertz CT molecular complexity index is 1190. The first-order chi connectivity index (χ1) is 16.7. The first-order valence-corrected chi connectivity index (χ1v) is 12.7. The number of hydrogen-bond acceptors (Lipinski definition) is 9. The van der Waals surface area contributed by atoms with Crippen LogP contribution in [0.3, 0.4) is 0 Å². The average molecular weight is 502 g/mol. The van der Waals surface area contributed by atoms with Crippen molar-refractivity contribution in [3.05, 3.63) is 46.9 Å². The first-order valence-electron chi connectivity index (χ1n) is 11.6.